The molecule has 8 bridgehead atoms. The fraction of sp³-hybridized carbons (Fsp3) is 0. The molecular weight excluding hydrogens is 469 g/mol. The van der Waals surface area contributed by atoms with E-state index >= 15 is 0 Å². The Bertz CT molecular complexity index is 1080. The van der Waals surface area contributed by atoms with Gasteiger partial charge in [0, 0.05) is 0 Å². The van der Waals surface area contributed by atoms with Crippen LogP contribution in [0.1, 0.15) is 0 Å². The predicted molar refractivity (Wildman–Crippen MR) is 97.6 cm³/mol. The van der Waals surface area contributed by atoms with Gasteiger partial charge in [0.1, 0.15) is 0 Å². The summed E-state index contributed by atoms with van der Waals surface area (Å²) >= 11 is 3.18. The molecule has 0 radical (unpaired) electrons. The van der Waals surface area contributed by atoms with Crippen molar-refractivity contribution < 1.29 is 44.6 Å². The van der Waals surface area contributed by atoms with Gasteiger partial charge >= 0.3 is 177 Å². The molecule has 0 N–H and O–H groups in total. The fourth-order valence-corrected chi connectivity index (χ4v) is 3.31. The van der Waals surface area contributed by atoms with Crippen molar-refractivity contribution in [3.8, 4) is 0 Å². The molecule has 0 aromatic heterocycles. The van der Waals surface area contributed by atoms with Crippen LogP contribution in [0.4, 0.5) is 0 Å². The van der Waals surface area contributed by atoms with E-state index in [1.807, 2.05) is 66.8 Å². The average Bonchev–Trinajstić information content (AvgIpc) is 3.33. The molecule has 0 spiro atoms. The normalized spacial score (nSPS) is 22.7. The van der Waals surface area contributed by atoms with Gasteiger partial charge in [-0.15, -0.1) is 0 Å². The summed E-state index contributed by atoms with van der Waals surface area (Å²) in [5.41, 5.74) is 7.06. The minimum atomic E-state index is 0.875. The van der Waals surface area contributed by atoms with E-state index in [1.54, 1.807) is 0 Å². The maximum atomic E-state index is 4.66. The van der Waals surface area contributed by atoms with Crippen LogP contribution in [0.25, 0.3) is 0 Å². The first-order chi connectivity index (χ1) is 12.2. The molecule has 0 unspecified atom stereocenters. The molecule has 25 heavy (non-hydrogen) atoms. The van der Waals surface area contributed by atoms with Crippen molar-refractivity contribution in [2.24, 2.45) is 20.0 Å². The molecule has 0 amide bonds. The van der Waals surface area contributed by atoms with Gasteiger partial charge in [0.25, 0.3) is 0 Å². The number of nitrogens with zero attached hydrogens (tertiary/aromatic N) is 4. The molecule has 5 heteroatoms. The second kappa shape index (κ2) is 6.13. The summed E-state index contributed by atoms with van der Waals surface area (Å²) in [7, 11) is 0. The molecule has 5 aliphatic rings. The second-order valence-corrected chi connectivity index (χ2v) is 6.74. The molecule has 5 heterocycles. The Hall–Kier alpha value is -1.88. The third-order valence-corrected chi connectivity index (χ3v) is 4.63. The van der Waals surface area contributed by atoms with Crippen LogP contribution in [0.5, 0.6) is 0 Å². The molecule has 0 aromatic carbocycles. The molecule has 0 saturated heterocycles. The maximum absolute atomic E-state index is 4.66. The topological polar surface area (TPSA) is 49.4 Å². The van der Waals surface area contributed by atoms with Gasteiger partial charge in [0.2, 0.25) is 0 Å². The van der Waals surface area contributed by atoms with Crippen LogP contribution in [-0.4, -0.2) is 22.8 Å². The summed E-state index contributed by atoms with van der Waals surface area (Å²) in [6.07, 6.45) is 21.8. The zero-order valence-corrected chi connectivity index (χ0v) is 14.6. The molecule has 0 atom stereocenters. The van der Waals surface area contributed by atoms with Gasteiger partial charge in [-0.1, -0.05) is 0 Å². The average molecular weight is 480 g/mol. The number of fused-ring (bicyclic) bond motifs is 4. The molecule has 0 saturated carbocycles. The number of hydrogen-bond donors (Lipinski definition) is 0. The molecule has 4 nitrogen and oxygen atoms in total. The van der Waals surface area contributed by atoms with E-state index in [-0.39, 0.29) is 0 Å². The number of aliphatic imine (C=N–C) groups is 4. The second-order valence-electron chi connectivity index (χ2n) is 5.82. The summed E-state index contributed by atoms with van der Waals surface area (Å²) in [6, 6.07) is 0. The Kier molecular flexibility index (Phi) is 3.77. The molecular formula is C20H11N4Yb. The molecule has 5 aliphatic heterocycles. The molecule has 0 fully saturated rings. The number of rotatable bonds is 0. The molecule has 0 aromatic rings. The first-order valence-corrected chi connectivity index (χ1v) is 8.65. The van der Waals surface area contributed by atoms with E-state index in [0.29, 0.717) is 0 Å². The molecule has 5 rings (SSSR count). The Balaban J connectivity index is 1.66. The Morgan fingerprint density at radius 1 is 0.480 bits per heavy atom. The SMILES string of the molecule is [Yb][C]1=CC2=CC3=NC(=CC4=NC(=CC5=NC(=CC1=N2)C=C5)C=C4)C=C3. The van der Waals surface area contributed by atoms with Gasteiger partial charge in [-0.2, -0.15) is 0 Å². The van der Waals surface area contributed by atoms with Crippen molar-refractivity contribution in [2.75, 3.05) is 0 Å². The summed E-state index contributed by atoms with van der Waals surface area (Å²) in [6.45, 7) is 0. The van der Waals surface area contributed by atoms with Crippen molar-refractivity contribution in [3.63, 3.8) is 0 Å². The summed E-state index contributed by atoms with van der Waals surface area (Å²) in [4.78, 5) is 18.5. The Labute approximate surface area is 175 Å². The van der Waals surface area contributed by atoms with Crippen LogP contribution in [0.15, 0.2) is 110 Å². The van der Waals surface area contributed by atoms with Crippen molar-refractivity contribution >= 4 is 22.8 Å². The van der Waals surface area contributed by atoms with Crippen LogP contribution in [0.3, 0.4) is 0 Å². The summed E-state index contributed by atoms with van der Waals surface area (Å²) < 4.78 is 0.990. The monoisotopic (exact) mass is 481 g/mol. The van der Waals surface area contributed by atoms with Gasteiger partial charge in [-0.3, -0.25) is 0 Å². The van der Waals surface area contributed by atoms with Gasteiger partial charge in [-0.25, -0.2) is 0 Å². The number of allylic oxidation sites excluding steroid dienone is 12. The quantitative estimate of drug-likeness (QED) is 0.510. The van der Waals surface area contributed by atoms with E-state index in [2.05, 4.69) is 64.6 Å². The van der Waals surface area contributed by atoms with Crippen LogP contribution in [0, 0.1) is 44.6 Å². The van der Waals surface area contributed by atoms with Crippen LogP contribution < -0.4 is 0 Å². The fourth-order valence-electron chi connectivity index (χ4n) is 2.83. The van der Waals surface area contributed by atoms with Crippen molar-refractivity contribution in [1.29, 1.82) is 0 Å². The van der Waals surface area contributed by atoms with Crippen LogP contribution in [-0.2, 0) is 0 Å². The first kappa shape index (κ1) is 15.4. The first-order valence-electron chi connectivity index (χ1n) is 7.79. The standard InChI is InChI=1S/C20H11N4.Yb/c1-2-14-10-16-5-6-18(23-16)12-20-8-7-19(24-20)11-17-4-3-15(22-17)9-13(1)21-14;/h1-7,9-12H;. The van der Waals surface area contributed by atoms with Gasteiger partial charge < -0.3 is 0 Å². The zero-order chi connectivity index (χ0) is 16.8. The third-order valence-electron chi connectivity index (χ3n) is 3.95. The zero-order valence-electron chi connectivity index (χ0n) is 12.9. The van der Waals surface area contributed by atoms with Crippen LogP contribution >= 0.6 is 0 Å². The third kappa shape index (κ3) is 3.17. The van der Waals surface area contributed by atoms with E-state index in [9.17, 15) is 0 Å². The van der Waals surface area contributed by atoms with Gasteiger partial charge in [0.15, 0.2) is 0 Å². The predicted octanol–water partition coefficient (Wildman–Crippen LogP) is 3.46. The Morgan fingerprint density at radius 2 is 0.960 bits per heavy atom. The number of hydrogen-bond acceptors (Lipinski definition) is 4. The Morgan fingerprint density at radius 3 is 1.52 bits per heavy atom. The molecule has 0 aliphatic carbocycles. The molecule has 125 valence electrons. The van der Waals surface area contributed by atoms with E-state index < -0.39 is 0 Å². The summed E-state index contributed by atoms with van der Waals surface area (Å²) in [5, 5.41) is 0. The summed E-state index contributed by atoms with van der Waals surface area (Å²) in [5.74, 6) is 0. The van der Waals surface area contributed by atoms with E-state index in [4.69, 9.17) is 0 Å². The minimum absolute atomic E-state index is 0.875. The van der Waals surface area contributed by atoms with Crippen molar-refractivity contribution in [3.05, 3.63) is 90.0 Å². The van der Waals surface area contributed by atoms with Crippen LogP contribution in [0.2, 0.25) is 0 Å². The van der Waals surface area contributed by atoms with E-state index in [1.165, 1.54) is 0 Å². The van der Waals surface area contributed by atoms with Crippen molar-refractivity contribution in [2.45, 2.75) is 0 Å². The van der Waals surface area contributed by atoms with Gasteiger partial charge in [-0.05, 0) is 0 Å². The van der Waals surface area contributed by atoms with Crippen molar-refractivity contribution in [1.82, 2.24) is 0 Å². The van der Waals surface area contributed by atoms with Gasteiger partial charge in [0.05, 0.1) is 0 Å². The van der Waals surface area contributed by atoms with E-state index in [0.717, 1.165) is 46.0 Å².